The lowest BCUT2D eigenvalue weighted by Gasteiger charge is -2.11. The zero-order valence-corrected chi connectivity index (χ0v) is 13.5. The topological polar surface area (TPSA) is 9.23 Å². The van der Waals surface area contributed by atoms with Gasteiger partial charge in [0.25, 0.3) is 0 Å². The Labute approximate surface area is 133 Å². The van der Waals surface area contributed by atoms with Crippen LogP contribution in [-0.2, 0) is 6.61 Å². The standard InChI is InChI=1S/C19H17BrO/c1-14(20)17-9-4-6-15(12-17)13-21-19-11-5-8-16-7-2-3-10-18(16)19/h2-12,14H,13H2,1H3. The lowest BCUT2D eigenvalue weighted by atomic mass is 10.1. The summed E-state index contributed by atoms with van der Waals surface area (Å²) in [5.41, 5.74) is 2.46. The summed E-state index contributed by atoms with van der Waals surface area (Å²) < 4.78 is 6.02. The molecule has 0 N–H and O–H groups in total. The van der Waals surface area contributed by atoms with Crippen molar-refractivity contribution in [1.29, 1.82) is 0 Å². The monoisotopic (exact) mass is 340 g/mol. The molecule has 21 heavy (non-hydrogen) atoms. The second-order valence-corrected chi connectivity index (χ2v) is 6.50. The van der Waals surface area contributed by atoms with Gasteiger partial charge < -0.3 is 4.74 Å². The second kappa shape index (κ2) is 6.31. The summed E-state index contributed by atoms with van der Waals surface area (Å²) in [6.45, 7) is 2.71. The Bertz CT molecular complexity index is 744. The van der Waals surface area contributed by atoms with E-state index in [4.69, 9.17) is 4.74 Å². The predicted octanol–water partition coefficient (Wildman–Crippen LogP) is 5.87. The molecule has 1 unspecified atom stereocenters. The number of fused-ring (bicyclic) bond motifs is 1. The quantitative estimate of drug-likeness (QED) is 0.539. The second-order valence-electron chi connectivity index (χ2n) is 5.13. The molecule has 3 rings (SSSR count). The summed E-state index contributed by atoms with van der Waals surface area (Å²) in [6.07, 6.45) is 0. The predicted molar refractivity (Wildman–Crippen MR) is 92.1 cm³/mol. The third-order valence-corrected chi connectivity index (χ3v) is 4.08. The van der Waals surface area contributed by atoms with Gasteiger partial charge in [-0.25, -0.2) is 0 Å². The smallest absolute Gasteiger partial charge is 0.127 e. The van der Waals surface area contributed by atoms with E-state index in [1.54, 1.807) is 0 Å². The van der Waals surface area contributed by atoms with Gasteiger partial charge in [-0.2, -0.15) is 0 Å². The summed E-state index contributed by atoms with van der Waals surface area (Å²) in [5, 5.41) is 2.36. The molecule has 0 aliphatic carbocycles. The van der Waals surface area contributed by atoms with Crippen molar-refractivity contribution in [3.05, 3.63) is 77.9 Å². The number of hydrogen-bond donors (Lipinski definition) is 0. The maximum Gasteiger partial charge on any atom is 0.127 e. The number of rotatable bonds is 4. The van der Waals surface area contributed by atoms with Crippen molar-refractivity contribution in [2.24, 2.45) is 0 Å². The van der Waals surface area contributed by atoms with Gasteiger partial charge in [-0.1, -0.05) is 76.6 Å². The van der Waals surface area contributed by atoms with Gasteiger partial charge in [0, 0.05) is 10.2 Å². The molecule has 0 fully saturated rings. The van der Waals surface area contributed by atoms with Gasteiger partial charge in [-0.05, 0) is 29.5 Å². The number of ether oxygens (including phenoxy) is 1. The average molecular weight is 341 g/mol. The van der Waals surface area contributed by atoms with Gasteiger partial charge in [0.05, 0.1) is 0 Å². The molecular formula is C19H17BrO. The van der Waals surface area contributed by atoms with Crippen LogP contribution in [0.2, 0.25) is 0 Å². The van der Waals surface area contributed by atoms with Crippen molar-refractivity contribution >= 4 is 26.7 Å². The highest BCUT2D eigenvalue weighted by Crippen LogP contribution is 2.27. The van der Waals surface area contributed by atoms with Crippen LogP contribution in [0, 0.1) is 0 Å². The first-order valence-corrected chi connectivity index (χ1v) is 7.99. The minimum absolute atomic E-state index is 0.356. The van der Waals surface area contributed by atoms with Crippen molar-refractivity contribution in [2.45, 2.75) is 18.4 Å². The van der Waals surface area contributed by atoms with Gasteiger partial charge in [-0.15, -0.1) is 0 Å². The van der Waals surface area contributed by atoms with Gasteiger partial charge in [-0.3, -0.25) is 0 Å². The van der Waals surface area contributed by atoms with Crippen molar-refractivity contribution in [3.63, 3.8) is 0 Å². The third kappa shape index (κ3) is 3.27. The molecule has 1 atom stereocenters. The van der Waals surface area contributed by atoms with Crippen molar-refractivity contribution in [2.75, 3.05) is 0 Å². The number of alkyl halides is 1. The fraction of sp³-hybridized carbons (Fsp3) is 0.158. The Morgan fingerprint density at radius 1 is 0.952 bits per heavy atom. The Kier molecular flexibility index (Phi) is 4.26. The van der Waals surface area contributed by atoms with E-state index >= 15 is 0 Å². The Morgan fingerprint density at radius 3 is 2.57 bits per heavy atom. The highest BCUT2D eigenvalue weighted by Gasteiger charge is 2.04. The zero-order chi connectivity index (χ0) is 14.7. The molecule has 3 aromatic rings. The van der Waals surface area contributed by atoms with Crippen LogP contribution in [-0.4, -0.2) is 0 Å². The lowest BCUT2D eigenvalue weighted by Crippen LogP contribution is -1.97. The minimum atomic E-state index is 0.356. The van der Waals surface area contributed by atoms with Gasteiger partial charge in [0.2, 0.25) is 0 Å². The van der Waals surface area contributed by atoms with Crippen LogP contribution in [0.1, 0.15) is 22.9 Å². The normalized spacial score (nSPS) is 12.3. The molecule has 0 saturated heterocycles. The molecule has 0 heterocycles. The SMILES string of the molecule is CC(Br)c1cccc(COc2cccc3ccccc23)c1. The largest absolute Gasteiger partial charge is 0.488 e. The first-order valence-electron chi connectivity index (χ1n) is 7.07. The van der Waals surface area contributed by atoms with Crippen LogP contribution in [0.3, 0.4) is 0 Å². The number of hydrogen-bond acceptors (Lipinski definition) is 1. The highest BCUT2D eigenvalue weighted by atomic mass is 79.9. The summed E-state index contributed by atoms with van der Waals surface area (Å²) in [7, 11) is 0. The molecular weight excluding hydrogens is 324 g/mol. The fourth-order valence-corrected chi connectivity index (χ4v) is 2.70. The van der Waals surface area contributed by atoms with Gasteiger partial charge >= 0.3 is 0 Å². The maximum absolute atomic E-state index is 6.02. The first-order chi connectivity index (χ1) is 10.2. The Balaban J connectivity index is 1.82. The Hall–Kier alpha value is -1.80. The molecule has 0 amide bonds. The molecule has 0 aliphatic heterocycles. The fourth-order valence-electron chi connectivity index (χ4n) is 2.41. The van der Waals surface area contributed by atoms with Crippen LogP contribution in [0.15, 0.2) is 66.7 Å². The van der Waals surface area contributed by atoms with E-state index in [0.717, 1.165) is 11.1 Å². The molecule has 1 nitrogen and oxygen atoms in total. The van der Waals surface area contributed by atoms with E-state index in [0.29, 0.717) is 11.4 Å². The molecule has 0 saturated carbocycles. The molecule has 0 radical (unpaired) electrons. The van der Waals surface area contributed by atoms with Crippen molar-refractivity contribution in [1.82, 2.24) is 0 Å². The minimum Gasteiger partial charge on any atom is -0.488 e. The van der Waals surface area contributed by atoms with Crippen LogP contribution in [0.4, 0.5) is 0 Å². The van der Waals surface area contributed by atoms with Gasteiger partial charge in [0.15, 0.2) is 0 Å². The van der Waals surface area contributed by atoms with Crippen molar-refractivity contribution in [3.8, 4) is 5.75 Å². The van der Waals surface area contributed by atoms with E-state index in [-0.39, 0.29) is 0 Å². The van der Waals surface area contributed by atoms with Crippen LogP contribution >= 0.6 is 15.9 Å². The zero-order valence-electron chi connectivity index (χ0n) is 11.9. The molecule has 0 aliphatic rings. The molecule has 0 aromatic heterocycles. The maximum atomic E-state index is 6.02. The van der Waals surface area contributed by atoms with Crippen molar-refractivity contribution < 1.29 is 4.74 Å². The number of benzene rings is 3. The average Bonchev–Trinajstić information content (AvgIpc) is 2.53. The first kappa shape index (κ1) is 14.2. The van der Waals surface area contributed by atoms with Gasteiger partial charge in [0.1, 0.15) is 12.4 Å². The Morgan fingerprint density at radius 2 is 1.71 bits per heavy atom. The molecule has 0 spiro atoms. The summed E-state index contributed by atoms with van der Waals surface area (Å²) in [5.74, 6) is 0.936. The lowest BCUT2D eigenvalue weighted by molar-refractivity contribution is 0.310. The van der Waals surface area contributed by atoms with E-state index in [2.05, 4.69) is 65.3 Å². The summed E-state index contributed by atoms with van der Waals surface area (Å²) in [6, 6.07) is 23.0. The molecule has 0 bridgehead atoms. The van der Waals surface area contributed by atoms with E-state index in [1.807, 2.05) is 24.3 Å². The van der Waals surface area contributed by atoms with Crippen LogP contribution in [0.5, 0.6) is 5.75 Å². The molecule has 3 aromatic carbocycles. The van der Waals surface area contributed by atoms with Crippen LogP contribution in [0.25, 0.3) is 10.8 Å². The molecule has 2 heteroatoms. The molecule has 106 valence electrons. The summed E-state index contributed by atoms with van der Waals surface area (Å²) >= 11 is 3.60. The van der Waals surface area contributed by atoms with E-state index < -0.39 is 0 Å². The third-order valence-electron chi connectivity index (χ3n) is 3.55. The highest BCUT2D eigenvalue weighted by molar-refractivity contribution is 9.09. The van der Waals surface area contributed by atoms with E-state index in [9.17, 15) is 0 Å². The number of halogens is 1. The van der Waals surface area contributed by atoms with Crippen LogP contribution < -0.4 is 4.74 Å². The van der Waals surface area contributed by atoms with E-state index in [1.165, 1.54) is 16.5 Å². The summed E-state index contributed by atoms with van der Waals surface area (Å²) in [4.78, 5) is 0.356.